The Balaban J connectivity index is 1.62. The molecule has 5 nitrogen and oxygen atoms in total. The third kappa shape index (κ3) is 4.64. The van der Waals surface area contributed by atoms with Crippen molar-refractivity contribution in [1.29, 1.82) is 0 Å². The van der Waals surface area contributed by atoms with E-state index in [1.54, 1.807) is 11.3 Å². The molecule has 1 amide bonds. The van der Waals surface area contributed by atoms with Gasteiger partial charge in [-0.05, 0) is 54.5 Å². The number of aromatic nitrogens is 3. The van der Waals surface area contributed by atoms with Crippen LogP contribution in [-0.2, 0) is 4.79 Å². The van der Waals surface area contributed by atoms with E-state index in [0.717, 1.165) is 33.2 Å². The van der Waals surface area contributed by atoms with Gasteiger partial charge in [0.25, 0.3) is 0 Å². The molecule has 0 aliphatic heterocycles. The summed E-state index contributed by atoms with van der Waals surface area (Å²) in [6.45, 7) is 8.20. The molecule has 2 aromatic heterocycles. The van der Waals surface area contributed by atoms with E-state index in [1.165, 1.54) is 11.8 Å². The number of anilines is 1. The minimum Gasteiger partial charge on any atom is -0.325 e. The van der Waals surface area contributed by atoms with Gasteiger partial charge < -0.3 is 5.32 Å². The second-order valence-corrected chi connectivity index (χ2v) is 10.2. The summed E-state index contributed by atoms with van der Waals surface area (Å²) in [5.74, 6) is 1.05. The minimum absolute atomic E-state index is 0.0496. The van der Waals surface area contributed by atoms with Crippen LogP contribution in [0.4, 0.5) is 5.69 Å². The van der Waals surface area contributed by atoms with E-state index in [1.807, 2.05) is 78.4 Å². The van der Waals surface area contributed by atoms with Crippen molar-refractivity contribution in [1.82, 2.24) is 14.8 Å². The van der Waals surface area contributed by atoms with E-state index < -0.39 is 0 Å². The normalized spacial score (nSPS) is 12.2. The van der Waals surface area contributed by atoms with Gasteiger partial charge in [0.1, 0.15) is 0 Å². The summed E-state index contributed by atoms with van der Waals surface area (Å²) in [4.78, 5) is 14.2. The largest absolute Gasteiger partial charge is 0.325 e. The van der Waals surface area contributed by atoms with Gasteiger partial charge in [-0.15, -0.1) is 21.5 Å². The highest BCUT2D eigenvalue weighted by molar-refractivity contribution is 8.00. The molecular formula is C25H26N4OS2. The molecule has 2 aromatic carbocycles. The lowest BCUT2D eigenvalue weighted by atomic mass is 9.98. The summed E-state index contributed by atoms with van der Waals surface area (Å²) in [5, 5.41) is 14.4. The molecule has 4 aromatic rings. The van der Waals surface area contributed by atoms with Crippen LogP contribution in [0.3, 0.4) is 0 Å². The highest BCUT2D eigenvalue weighted by atomic mass is 32.2. The van der Waals surface area contributed by atoms with Crippen LogP contribution in [0.2, 0.25) is 0 Å². The summed E-state index contributed by atoms with van der Waals surface area (Å²) < 4.78 is 2.02. The van der Waals surface area contributed by atoms with Gasteiger partial charge in [0.2, 0.25) is 5.91 Å². The van der Waals surface area contributed by atoms with Gasteiger partial charge in [-0.1, -0.05) is 68.1 Å². The summed E-state index contributed by atoms with van der Waals surface area (Å²) >= 11 is 3.03. The molecule has 1 unspecified atom stereocenters. The molecule has 0 aliphatic rings. The van der Waals surface area contributed by atoms with Crippen molar-refractivity contribution in [2.75, 3.05) is 5.32 Å². The number of amides is 1. The molecule has 0 bridgehead atoms. The fourth-order valence-corrected chi connectivity index (χ4v) is 5.07. The predicted octanol–water partition coefficient (Wildman–Crippen LogP) is 6.55. The molecule has 1 N–H and O–H groups in total. The van der Waals surface area contributed by atoms with Gasteiger partial charge in [0, 0.05) is 11.4 Å². The van der Waals surface area contributed by atoms with Crippen molar-refractivity contribution in [3.63, 3.8) is 0 Å². The summed E-state index contributed by atoms with van der Waals surface area (Å²) in [6, 6.07) is 20.2. The second-order valence-electron chi connectivity index (χ2n) is 7.90. The lowest BCUT2D eigenvalue weighted by Gasteiger charge is -2.18. The summed E-state index contributed by atoms with van der Waals surface area (Å²) in [7, 11) is 0. The predicted molar refractivity (Wildman–Crippen MR) is 134 cm³/mol. The molecular weight excluding hydrogens is 436 g/mol. The number of hydrogen-bond donors (Lipinski definition) is 1. The third-order valence-electron chi connectivity index (χ3n) is 5.22. The molecule has 32 heavy (non-hydrogen) atoms. The Hall–Kier alpha value is -2.90. The summed E-state index contributed by atoms with van der Waals surface area (Å²) in [5.41, 5.74) is 4.08. The zero-order valence-corrected chi connectivity index (χ0v) is 20.2. The van der Waals surface area contributed by atoms with Gasteiger partial charge in [0.05, 0.1) is 10.1 Å². The van der Waals surface area contributed by atoms with Gasteiger partial charge in [0.15, 0.2) is 11.0 Å². The fourth-order valence-electron chi connectivity index (χ4n) is 3.50. The quantitative estimate of drug-likeness (QED) is 0.317. The molecule has 1 atom stereocenters. The monoisotopic (exact) mass is 462 g/mol. The van der Waals surface area contributed by atoms with Crippen molar-refractivity contribution >= 4 is 34.7 Å². The number of hydrogen-bond acceptors (Lipinski definition) is 5. The van der Waals surface area contributed by atoms with Crippen LogP contribution < -0.4 is 5.32 Å². The Bertz CT molecular complexity index is 1200. The molecule has 2 heterocycles. The van der Waals surface area contributed by atoms with Crippen LogP contribution in [0.1, 0.15) is 37.8 Å². The molecule has 0 radical (unpaired) electrons. The molecule has 164 valence electrons. The van der Waals surface area contributed by atoms with E-state index >= 15 is 0 Å². The number of aryl methyl sites for hydroxylation is 1. The van der Waals surface area contributed by atoms with E-state index in [-0.39, 0.29) is 11.2 Å². The first-order chi connectivity index (χ1) is 15.5. The van der Waals surface area contributed by atoms with Gasteiger partial charge >= 0.3 is 0 Å². The minimum atomic E-state index is -0.350. The van der Waals surface area contributed by atoms with E-state index in [4.69, 9.17) is 0 Å². The SMILES string of the molecule is Cc1cccc(C(C)C)c1NC(=O)C(C)Sc1nnc(-c2cccs2)n1-c1ccccc1. The number of carbonyl (C=O) groups is 1. The first kappa shape index (κ1) is 22.3. The zero-order valence-electron chi connectivity index (χ0n) is 18.6. The number of nitrogens with zero attached hydrogens (tertiary/aromatic N) is 3. The molecule has 0 aliphatic carbocycles. The van der Waals surface area contributed by atoms with Crippen molar-refractivity contribution in [2.45, 2.75) is 44.0 Å². The maximum absolute atomic E-state index is 13.1. The average molecular weight is 463 g/mol. The van der Waals surface area contributed by atoms with Crippen molar-refractivity contribution in [3.05, 3.63) is 77.2 Å². The highest BCUT2D eigenvalue weighted by Gasteiger charge is 2.23. The Morgan fingerprint density at radius 3 is 2.47 bits per heavy atom. The second kappa shape index (κ2) is 9.71. The Morgan fingerprint density at radius 2 is 1.78 bits per heavy atom. The number of thiophene rings is 1. The molecule has 0 saturated heterocycles. The number of carbonyl (C=O) groups excluding carboxylic acids is 1. The maximum atomic E-state index is 13.1. The summed E-state index contributed by atoms with van der Waals surface area (Å²) in [6.07, 6.45) is 0. The first-order valence-corrected chi connectivity index (χ1v) is 12.3. The van der Waals surface area contributed by atoms with Crippen LogP contribution >= 0.6 is 23.1 Å². The van der Waals surface area contributed by atoms with Crippen LogP contribution in [0, 0.1) is 6.92 Å². The van der Waals surface area contributed by atoms with Crippen LogP contribution in [-0.4, -0.2) is 25.9 Å². The number of nitrogens with one attached hydrogen (secondary N) is 1. The molecule has 7 heteroatoms. The van der Waals surface area contributed by atoms with Gasteiger partial charge in [-0.25, -0.2) is 0 Å². The zero-order chi connectivity index (χ0) is 22.7. The Morgan fingerprint density at radius 1 is 1.00 bits per heavy atom. The van der Waals surface area contributed by atoms with Crippen molar-refractivity contribution in [3.8, 4) is 16.4 Å². The van der Waals surface area contributed by atoms with E-state index in [2.05, 4.69) is 35.4 Å². The van der Waals surface area contributed by atoms with Crippen LogP contribution in [0.15, 0.2) is 71.2 Å². The van der Waals surface area contributed by atoms with Crippen molar-refractivity contribution in [2.24, 2.45) is 0 Å². The highest BCUT2D eigenvalue weighted by Crippen LogP contribution is 2.33. The number of rotatable bonds is 7. The van der Waals surface area contributed by atoms with Crippen LogP contribution in [0.25, 0.3) is 16.4 Å². The third-order valence-corrected chi connectivity index (χ3v) is 7.12. The van der Waals surface area contributed by atoms with E-state index in [0.29, 0.717) is 11.1 Å². The Labute approximate surface area is 196 Å². The Kier molecular flexibility index (Phi) is 6.77. The molecule has 4 rings (SSSR count). The molecule has 0 saturated carbocycles. The molecule has 0 fully saturated rings. The maximum Gasteiger partial charge on any atom is 0.237 e. The topological polar surface area (TPSA) is 59.8 Å². The lowest BCUT2D eigenvalue weighted by molar-refractivity contribution is -0.115. The van der Waals surface area contributed by atoms with E-state index in [9.17, 15) is 4.79 Å². The number of para-hydroxylation sites is 2. The number of benzene rings is 2. The smallest absolute Gasteiger partial charge is 0.237 e. The number of thioether (sulfide) groups is 1. The fraction of sp³-hybridized carbons (Fsp3) is 0.240. The van der Waals surface area contributed by atoms with Crippen LogP contribution in [0.5, 0.6) is 0 Å². The van der Waals surface area contributed by atoms with Gasteiger partial charge in [-0.2, -0.15) is 0 Å². The van der Waals surface area contributed by atoms with Gasteiger partial charge in [-0.3, -0.25) is 9.36 Å². The standard InChI is InChI=1S/C25H26N4OS2/c1-16(2)20-13-8-10-17(3)22(20)26-24(30)18(4)32-25-28-27-23(21-14-9-15-31-21)29(25)19-11-6-5-7-12-19/h5-16,18H,1-4H3,(H,26,30). The average Bonchev–Trinajstić information content (AvgIpc) is 3.45. The van der Waals surface area contributed by atoms with Crippen molar-refractivity contribution < 1.29 is 4.79 Å². The molecule has 0 spiro atoms. The lowest BCUT2D eigenvalue weighted by Crippen LogP contribution is -2.24. The first-order valence-electron chi connectivity index (χ1n) is 10.6.